The Morgan fingerprint density at radius 3 is 2.78 bits per heavy atom. The van der Waals surface area contributed by atoms with Crippen LogP contribution >= 0.6 is 0 Å². The standard InChI is InChI=1S/C18H28N4O/c1-14-19-11-10-17(20-14)22-12-6-9-16(22)13-21(2)18(23)15-7-4-3-5-8-15/h10-11,15-16H,3-9,12-13H2,1-2H3. The maximum atomic E-state index is 12.7. The van der Waals surface area contributed by atoms with Crippen LogP contribution in [0.1, 0.15) is 50.8 Å². The molecule has 0 N–H and O–H groups in total. The maximum Gasteiger partial charge on any atom is 0.225 e. The maximum absolute atomic E-state index is 12.7. The zero-order valence-corrected chi connectivity index (χ0v) is 14.4. The van der Waals surface area contributed by atoms with Gasteiger partial charge in [-0.3, -0.25) is 4.79 Å². The first kappa shape index (κ1) is 16.2. The van der Waals surface area contributed by atoms with Crippen molar-refractivity contribution >= 4 is 11.7 Å². The Morgan fingerprint density at radius 2 is 2.04 bits per heavy atom. The van der Waals surface area contributed by atoms with E-state index in [1.807, 2.05) is 31.1 Å². The fourth-order valence-electron chi connectivity index (χ4n) is 4.00. The van der Waals surface area contributed by atoms with Gasteiger partial charge in [0.15, 0.2) is 0 Å². The molecular formula is C18H28N4O. The molecule has 126 valence electrons. The Kier molecular flexibility index (Phi) is 5.13. The largest absolute Gasteiger partial charge is 0.352 e. The third kappa shape index (κ3) is 3.82. The number of aryl methyl sites for hydroxylation is 1. The van der Waals surface area contributed by atoms with Crippen LogP contribution in [0.2, 0.25) is 0 Å². The Morgan fingerprint density at radius 1 is 1.26 bits per heavy atom. The monoisotopic (exact) mass is 316 g/mol. The van der Waals surface area contributed by atoms with E-state index in [1.54, 1.807) is 0 Å². The van der Waals surface area contributed by atoms with E-state index >= 15 is 0 Å². The van der Waals surface area contributed by atoms with Crippen LogP contribution < -0.4 is 4.90 Å². The lowest BCUT2D eigenvalue weighted by molar-refractivity contribution is -0.135. The van der Waals surface area contributed by atoms with Gasteiger partial charge in [-0.1, -0.05) is 19.3 Å². The number of hydrogen-bond acceptors (Lipinski definition) is 4. The summed E-state index contributed by atoms with van der Waals surface area (Å²) in [6.07, 6.45) is 9.97. The molecule has 0 spiro atoms. The molecule has 1 aromatic rings. The Labute approximate surface area is 139 Å². The molecule has 5 heteroatoms. The van der Waals surface area contributed by atoms with Crippen molar-refractivity contribution in [2.75, 3.05) is 25.0 Å². The Hall–Kier alpha value is -1.65. The third-order valence-electron chi connectivity index (χ3n) is 5.25. The summed E-state index contributed by atoms with van der Waals surface area (Å²) in [4.78, 5) is 25.7. The molecule has 1 atom stereocenters. The Bertz CT molecular complexity index is 542. The summed E-state index contributed by atoms with van der Waals surface area (Å²) in [5, 5.41) is 0. The molecular weight excluding hydrogens is 288 g/mol. The SMILES string of the molecule is Cc1nccc(N2CCCC2CN(C)C(=O)C2CCCCC2)n1. The van der Waals surface area contributed by atoms with E-state index < -0.39 is 0 Å². The summed E-state index contributed by atoms with van der Waals surface area (Å²) in [5.41, 5.74) is 0. The lowest BCUT2D eigenvalue weighted by Gasteiger charge is -2.32. The second-order valence-electron chi connectivity index (χ2n) is 7.01. The fourth-order valence-corrected chi connectivity index (χ4v) is 4.00. The lowest BCUT2D eigenvalue weighted by Crippen LogP contribution is -2.43. The van der Waals surface area contributed by atoms with E-state index in [4.69, 9.17) is 0 Å². The highest BCUT2D eigenvalue weighted by Crippen LogP contribution is 2.27. The van der Waals surface area contributed by atoms with Crippen LogP contribution in [0.5, 0.6) is 0 Å². The molecule has 1 unspecified atom stereocenters. The summed E-state index contributed by atoms with van der Waals surface area (Å²) in [6.45, 7) is 3.75. The highest BCUT2D eigenvalue weighted by atomic mass is 16.2. The molecule has 5 nitrogen and oxygen atoms in total. The van der Waals surface area contributed by atoms with Gasteiger partial charge >= 0.3 is 0 Å². The molecule has 1 aliphatic heterocycles. The van der Waals surface area contributed by atoms with Gasteiger partial charge in [-0.25, -0.2) is 9.97 Å². The number of nitrogens with zero attached hydrogens (tertiary/aromatic N) is 4. The van der Waals surface area contributed by atoms with Crippen molar-refractivity contribution in [3.8, 4) is 0 Å². The average Bonchev–Trinajstić information content (AvgIpc) is 3.03. The van der Waals surface area contributed by atoms with Crippen LogP contribution in [0.3, 0.4) is 0 Å². The van der Waals surface area contributed by atoms with Gasteiger partial charge in [0.2, 0.25) is 5.91 Å². The number of carbonyl (C=O) groups is 1. The van der Waals surface area contributed by atoms with Crippen molar-refractivity contribution in [2.24, 2.45) is 5.92 Å². The van der Waals surface area contributed by atoms with E-state index in [0.29, 0.717) is 11.9 Å². The van der Waals surface area contributed by atoms with Crippen LogP contribution in [0.15, 0.2) is 12.3 Å². The smallest absolute Gasteiger partial charge is 0.225 e. The lowest BCUT2D eigenvalue weighted by atomic mass is 9.88. The zero-order valence-electron chi connectivity index (χ0n) is 14.4. The first-order valence-corrected chi connectivity index (χ1v) is 8.96. The van der Waals surface area contributed by atoms with Gasteiger partial charge in [0.25, 0.3) is 0 Å². The van der Waals surface area contributed by atoms with E-state index in [1.165, 1.54) is 25.7 Å². The van der Waals surface area contributed by atoms with E-state index in [-0.39, 0.29) is 5.92 Å². The molecule has 2 heterocycles. The topological polar surface area (TPSA) is 49.3 Å². The van der Waals surface area contributed by atoms with Crippen molar-refractivity contribution in [1.29, 1.82) is 0 Å². The van der Waals surface area contributed by atoms with E-state index in [9.17, 15) is 4.79 Å². The number of aromatic nitrogens is 2. The molecule has 2 aliphatic rings. The number of anilines is 1. The predicted octanol–water partition coefficient (Wildman–Crippen LogP) is 2.79. The van der Waals surface area contributed by atoms with Crippen LogP contribution in [-0.2, 0) is 4.79 Å². The average molecular weight is 316 g/mol. The van der Waals surface area contributed by atoms with Crippen molar-refractivity contribution in [2.45, 2.75) is 57.9 Å². The normalized spacial score (nSPS) is 22.3. The summed E-state index contributed by atoms with van der Waals surface area (Å²) in [6, 6.07) is 2.36. The van der Waals surface area contributed by atoms with Gasteiger partial charge in [-0.2, -0.15) is 0 Å². The quantitative estimate of drug-likeness (QED) is 0.857. The first-order chi connectivity index (χ1) is 11.1. The van der Waals surface area contributed by atoms with Gasteiger partial charge in [-0.05, 0) is 38.7 Å². The second kappa shape index (κ2) is 7.28. The number of rotatable bonds is 4. The van der Waals surface area contributed by atoms with Crippen LogP contribution in [0.4, 0.5) is 5.82 Å². The van der Waals surface area contributed by atoms with Gasteiger partial charge in [0.05, 0.1) is 0 Å². The van der Waals surface area contributed by atoms with Crippen LogP contribution in [0.25, 0.3) is 0 Å². The van der Waals surface area contributed by atoms with Crippen LogP contribution in [0, 0.1) is 12.8 Å². The fraction of sp³-hybridized carbons (Fsp3) is 0.722. The summed E-state index contributed by atoms with van der Waals surface area (Å²) >= 11 is 0. The van der Waals surface area contributed by atoms with Gasteiger partial charge in [-0.15, -0.1) is 0 Å². The van der Waals surface area contributed by atoms with E-state index in [0.717, 1.165) is 44.0 Å². The third-order valence-corrected chi connectivity index (χ3v) is 5.25. The summed E-state index contributed by atoms with van der Waals surface area (Å²) < 4.78 is 0. The van der Waals surface area contributed by atoms with Gasteiger partial charge < -0.3 is 9.80 Å². The van der Waals surface area contributed by atoms with Crippen molar-refractivity contribution in [1.82, 2.24) is 14.9 Å². The molecule has 0 radical (unpaired) electrons. The molecule has 0 bridgehead atoms. The molecule has 3 rings (SSSR count). The minimum atomic E-state index is 0.255. The number of carbonyl (C=O) groups excluding carboxylic acids is 1. The molecule has 1 aromatic heterocycles. The molecule has 1 aliphatic carbocycles. The van der Waals surface area contributed by atoms with Gasteiger partial charge in [0, 0.05) is 38.3 Å². The number of amides is 1. The molecule has 1 amide bonds. The predicted molar refractivity (Wildman–Crippen MR) is 91.3 cm³/mol. The second-order valence-corrected chi connectivity index (χ2v) is 7.01. The highest BCUT2D eigenvalue weighted by molar-refractivity contribution is 5.78. The Balaban J connectivity index is 1.62. The van der Waals surface area contributed by atoms with Crippen molar-refractivity contribution in [3.63, 3.8) is 0 Å². The molecule has 1 saturated carbocycles. The van der Waals surface area contributed by atoms with Crippen molar-refractivity contribution in [3.05, 3.63) is 18.1 Å². The summed E-state index contributed by atoms with van der Waals surface area (Å²) in [5.74, 6) is 2.40. The molecule has 2 fully saturated rings. The zero-order chi connectivity index (χ0) is 16.2. The highest BCUT2D eigenvalue weighted by Gasteiger charge is 2.30. The first-order valence-electron chi connectivity index (χ1n) is 8.96. The molecule has 1 saturated heterocycles. The van der Waals surface area contributed by atoms with Crippen molar-refractivity contribution < 1.29 is 4.79 Å². The van der Waals surface area contributed by atoms with Gasteiger partial charge in [0.1, 0.15) is 11.6 Å². The summed E-state index contributed by atoms with van der Waals surface area (Å²) in [7, 11) is 1.97. The van der Waals surface area contributed by atoms with Crippen LogP contribution in [-0.4, -0.2) is 47.0 Å². The number of likely N-dealkylation sites (N-methyl/N-ethyl adjacent to an activating group) is 1. The molecule has 23 heavy (non-hydrogen) atoms. The number of hydrogen-bond donors (Lipinski definition) is 0. The van der Waals surface area contributed by atoms with E-state index in [2.05, 4.69) is 14.9 Å². The molecule has 0 aromatic carbocycles. The minimum absolute atomic E-state index is 0.255. The minimum Gasteiger partial charge on any atom is -0.352 e.